The first-order valence-corrected chi connectivity index (χ1v) is 7.37. The van der Waals surface area contributed by atoms with Crippen LogP contribution in [-0.2, 0) is 9.53 Å². The fourth-order valence-electron chi connectivity index (χ4n) is 2.25. The zero-order valence-corrected chi connectivity index (χ0v) is 12.0. The normalized spacial score (nSPS) is 24.8. The summed E-state index contributed by atoms with van der Waals surface area (Å²) in [5.74, 6) is 0.0727. The molecular weight excluding hydrogens is 294 g/mol. The third-order valence-electron chi connectivity index (χ3n) is 3.39. The van der Waals surface area contributed by atoms with Crippen molar-refractivity contribution >= 4 is 21.8 Å². The van der Waals surface area contributed by atoms with Crippen LogP contribution in [0.4, 0.5) is 0 Å². The largest absolute Gasteiger partial charge is 0.378 e. The molecule has 1 fully saturated rings. The Morgan fingerprint density at radius 1 is 1.50 bits per heavy atom. The Hall–Kier alpha value is -0.870. The average Bonchev–Trinajstić information content (AvgIpc) is 2.83. The number of ether oxygens (including phenoxy) is 1. The van der Waals surface area contributed by atoms with Crippen molar-refractivity contribution in [3.05, 3.63) is 35.9 Å². The second kappa shape index (κ2) is 6.34. The molecular formula is C14H18BrNO2. The summed E-state index contributed by atoms with van der Waals surface area (Å²) < 4.78 is 5.43. The van der Waals surface area contributed by atoms with Crippen molar-refractivity contribution < 1.29 is 9.53 Å². The molecule has 3 unspecified atom stereocenters. The van der Waals surface area contributed by atoms with Crippen molar-refractivity contribution in [2.75, 3.05) is 11.9 Å². The van der Waals surface area contributed by atoms with Gasteiger partial charge in [0.1, 0.15) is 0 Å². The topological polar surface area (TPSA) is 38.3 Å². The zero-order valence-electron chi connectivity index (χ0n) is 10.4. The van der Waals surface area contributed by atoms with Crippen molar-refractivity contribution in [2.24, 2.45) is 5.92 Å². The molecule has 1 amide bonds. The number of halogens is 1. The van der Waals surface area contributed by atoms with E-state index in [-0.39, 0.29) is 24.0 Å². The minimum atomic E-state index is -0.0183. The molecule has 0 radical (unpaired) electrons. The molecule has 0 saturated carbocycles. The number of amides is 1. The highest BCUT2D eigenvalue weighted by Crippen LogP contribution is 2.22. The van der Waals surface area contributed by atoms with Gasteiger partial charge in [-0.15, -0.1) is 0 Å². The molecule has 2 rings (SSSR count). The van der Waals surface area contributed by atoms with Gasteiger partial charge in [-0.1, -0.05) is 46.3 Å². The Kier molecular flexibility index (Phi) is 4.78. The van der Waals surface area contributed by atoms with Crippen LogP contribution in [0.3, 0.4) is 0 Å². The summed E-state index contributed by atoms with van der Waals surface area (Å²) in [5, 5.41) is 3.80. The van der Waals surface area contributed by atoms with Crippen LogP contribution in [0.1, 0.15) is 24.9 Å². The SMILES string of the molecule is CC1OCCC1C(=O)NC(CBr)c1ccccc1. The number of alkyl halides is 1. The molecule has 4 heteroatoms. The molecule has 0 spiro atoms. The van der Waals surface area contributed by atoms with Crippen molar-refractivity contribution in [3.8, 4) is 0 Å². The fourth-order valence-corrected chi connectivity index (χ4v) is 2.79. The lowest BCUT2D eigenvalue weighted by Gasteiger charge is -2.20. The zero-order chi connectivity index (χ0) is 13.0. The van der Waals surface area contributed by atoms with Gasteiger partial charge < -0.3 is 10.1 Å². The van der Waals surface area contributed by atoms with Crippen molar-refractivity contribution in [2.45, 2.75) is 25.5 Å². The van der Waals surface area contributed by atoms with Gasteiger partial charge in [0.25, 0.3) is 0 Å². The third-order valence-corrected chi connectivity index (χ3v) is 4.03. The molecule has 1 aliphatic heterocycles. The highest BCUT2D eigenvalue weighted by Gasteiger charge is 2.31. The van der Waals surface area contributed by atoms with Gasteiger partial charge in [-0.2, -0.15) is 0 Å². The molecule has 98 valence electrons. The van der Waals surface area contributed by atoms with Crippen LogP contribution in [0.5, 0.6) is 0 Å². The number of rotatable bonds is 4. The van der Waals surface area contributed by atoms with E-state index < -0.39 is 0 Å². The van der Waals surface area contributed by atoms with Crippen LogP contribution in [0.2, 0.25) is 0 Å². The smallest absolute Gasteiger partial charge is 0.226 e. The van der Waals surface area contributed by atoms with Crippen LogP contribution >= 0.6 is 15.9 Å². The number of nitrogens with one attached hydrogen (secondary N) is 1. The molecule has 1 aliphatic rings. The van der Waals surface area contributed by atoms with E-state index in [1.807, 2.05) is 37.3 Å². The van der Waals surface area contributed by atoms with Gasteiger partial charge in [-0.3, -0.25) is 4.79 Å². The summed E-state index contributed by atoms with van der Waals surface area (Å²) in [6, 6.07) is 10.0. The monoisotopic (exact) mass is 311 g/mol. The van der Waals surface area contributed by atoms with E-state index in [9.17, 15) is 4.79 Å². The van der Waals surface area contributed by atoms with E-state index >= 15 is 0 Å². The van der Waals surface area contributed by atoms with Gasteiger partial charge in [0, 0.05) is 11.9 Å². The lowest BCUT2D eigenvalue weighted by atomic mass is 10.0. The van der Waals surface area contributed by atoms with Crippen LogP contribution in [0.25, 0.3) is 0 Å². The van der Waals surface area contributed by atoms with Gasteiger partial charge >= 0.3 is 0 Å². The average molecular weight is 312 g/mol. The second-order valence-electron chi connectivity index (χ2n) is 4.60. The quantitative estimate of drug-likeness (QED) is 0.868. The van der Waals surface area contributed by atoms with Crippen molar-refractivity contribution in [1.29, 1.82) is 0 Å². The molecule has 3 nitrogen and oxygen atoms in total. The maximum atomic E-state index is 12.2. The first-order chi connectivity index (χ1) is 8.72. The number of hydrogen-bond donors (Lipinski definition) is 1. The summed E-state index contributed by atoms with van der Waals surface area (Å²) in [5.41, 5.74) is 1.12. The van der Waals surface area contributed by atoms with Gasteiger partial charge in [-0.25, -0.2) is 0 Å². The van der Waals surface area contributed by atoms with Crippen molar-refractivity contribution in [3.63, 3.8) is 0 Å². The second-order valence-corrected chi connectivity index (χ2v) is 5.24. The predicted octanol–water partition coefficient (Wildman–Crippen LogP) is 2.66. The third kappa shape index (κ3) is 3.12. The van der Waals surface area contributed by atoms with Crippen LogP contribution in [-0.4, -0.2) is 23.9 Å². The Balaban J connectivity index is 2.00. The number of carbonyl (C=O) groups excluding carboxylic acids is 1. The minimum absolute atomic E-state index is 0.0183. The summed E-state index contributed by atoms with van der Waals surface area (Å²) in [4.78, 5) is 12.2. The van der Waals surface area contributed by atoms with Crippen LogP contribution in [0.15, 0.2) is 30.3 Å². The molecule has 0 bridgehead atoms. The lowest BCUT2D eigenvalue weighted by Crippen LogP contribution is -2.37. The van der Waals surface area contributed by atoms with E-state index in [4.69, 9.17) is 4.74 Å². The number of carbonyl (C=O) groups is 1. The highest BCUT2D eigenvalue weighted by molar-refractivity contribution is 9.09. The maximum absolute atomic E-state index is 12.2. The number of hydrogen-bond acceptors (Lipinski definition) is 2. The van der Waals surface area contributed by atoms with Gasteiger partial charge in [0.15, 0.2) is 0 Å². The molecule has 0 aromatic heterocycles. The molecule has 1 aromatic carbocycles. The Morgan fingerprint density at radius 3 is 2.78 bits per heavy atom. The van der Waals surface area contributed by atoms with E-state index in [0.29, 0.717) is 11.9 Å². The van der Waals surface area contributed by atoms with Gasteiger partial charge in [-0.05, 0) is 18.9 Å². The maximum Gasteiger partial charge on any atom is 0.226 e. The molecule has 1 aromatic rings. The predicted molar refractivity (Wildman–Crippen MR) is 74.6 cm³/mol. The molecule has 3 atom stereocenters. The highest BCUT2D eigenvalue weighted by atomic mass is 79.9. The summed E-state index contributed by atoms with van der Waals surface area (Å²) in [6.07, 6.45) is 0.841. The molecule has 0 aliphatic carbocycles. The molecule has 18 heavy (non-hydrogen) atoms. The lowest BCUT2D eigenvalue weighted by molar-refractivity contribution is -0.127. The Morgan fingerprint density at radius 2 is 2.22 bits per heavy atom. The summed E-state index contributed by atoms with van der Waals surface area (Å²) >= 11 is 3.46. The fraction of sp³-hybridized carbons (Fsp3) is 0.500. The summed E-state index contributed by atoms with van der Waals surface area (Å²) in [7, 11) is 0. The minimum Gasteiger partial charge on any atom is -0.378 e. The van der Waals surface area contributed by atoms with E-state index in [1.54, 1.807) is 0 Å². The Bertz CT molecular complexity index is 396. The molecule has 1 saturated heterocycles. The molecule has 1 N–H and O–H groups in total. The van der Waals surface area contributed by atoms with Gasteiger partial charge in [0.05, 0.1) is 18.1 Å². The summed E-state index contributed by atoms with van der Waals surface area (Å²) in [6.45, 7) is 2.65. The Labute approximate surface area is 116 Å². The van der Waals surface area contributed by atoms with E-state index in [2.05, 4.69) is 21.2 Å². The number of benzene rings is 1. The molecule has 1 heterocycles. The van der Waals surface area contributed by atoms with E-state index in [1.165, 1.54) is 0 Å². The first-order valence-electron chi connectivity index (χ1n) is 6.25. The van der Waals surface area contributed by atoms with Crippen LogP contribution < -0.4 is 5.32 Å². The van der Waals surface area contributed by atoms with Crippen LogP contribution in [0, 0.1) is 5.92 Å². The van der Waals surface area contributed by atoms with Crippen molar-refractivity contribution in [1.82, 2.24) is 5.32 Å². The van der Waals surface area contributed by atoms with Gasteiger partial charge in [0.2, 0.25) is 5.91 Å². The standard InChI is InChI=1S/C14H18BrNO2/c1-10-12(7-8-18-10)14(17)16-13(9-15)11-5-3-2-4-6-11/h2-6,10,12-13H,7-9H2,1H3,(H,16,17). The first kappa shape index (κ1) is 13.6. The van der Waals surface area contributed by atoms with E-state index in [0.717, 1.165) is 12.0 Å².